The lowest BCUT2D eigenvalue weighted by molar-refractivity contribution is 0.0185. The average molecular weight is 337 g/mol. The molecule has 0 N–H and O–H groups in total. The molecule has 0 heterocycles. The second-order valence-corrected chi connectivity index (χ2v) is 6.62. The van der Waals surface area contributed by atoms with Crippen LogP contribution in [0, 0.1) is 17.2 Å². The van der Waals surface area contributed by atoms with Crippen molar-refractivity contribution in [1.82, 2.24) is 0 Å². The molecule has 1 aliphatic carbocycles. The first kappa shape index (κ1) is 19.0. The molecule has 1 fully saturated rings. The van der Waals surface area contributed by atoms with Gasteiger partial charge in [0.2, 0.25) is 0 Å². The van der Waals surface area contributed by atoms with E-state index < -0.39 is 0 Å². The number of hydrogen-bond donors (Lipinski definition) is 0. The number of rotatable bonds is 7. The fourth-order valence-corrected chi connectivity index (χ4v) is 3.13. The maximum atomic E-state index is 12.3. The van der Waals surface area contributed by atoms with Crippen molar-refractivity contribution in [3.05, 3.63) is 59.7 Å². The van der Waals surface area contributed by atoms with Crippen LogP contribution in [0.1, 0.15) is 61.4 Å². The molecule has 0 atom stereocenters. The Balaban J connectivity index is 1.77. The summed E-state index contributed by atoms with van der Waals surface area (Å²) >= 11 is 0. The fourth-order valence-electron chi connectivity index (χ4n) is 3.13. The zero-order valence-electron chi connectivity index (χ0n) is 15.0. The summed E-state index contributed by atoms with van der Waals surface area (Å²) in [5, 5.41) is 8.45. The van der Waals surface area contributed by atoms with E-state index in [1.807, 2.05) is 36.4 Å². The summed E-state index contributed by atoms with van der Waals surface area (Å²) in [5.74, 6) is 0.300. The normalized spacial score (nSPS) is 20.6. The van der Waals surface area contributed by atoms with E-state index in [4.69, 9.17) is 10.00 Å². The summed E-state index contributed by atoms with van der Waals surface area (Å²) in [4.78, 5) is 12.3. The smallest absolute Gasteiger partial charge is 0.338 e. The van der Waals surface area contributed by atoms with E-state index in [9.17, 15) is 4.79 Å². The van der Waals surface area contributed by atoms with Gasteiger partial charge < -0.3 is 4.74 Å². The molecule has 3 nitrogen and oxygen atoms in total. The number of carbonyl (C=O) groups excluding carboxylic acids is 1. The van der Waals surface area contributed by atoms with Gasteiger partial charge in [0.25, 0.3) is 0 Å². The lowest BCUT2D eigenvalue weighted by Gasteiger charge is -2.26. The Morgan fingerprint density at radius 2 is 1.92 bits per heavy atom. The zero-order chi connectivity index (χ0) is 17.9. The van der Waals surface area contributed by atoms with Crippen molar-refractivity contribution in [2.45, 2.75) is 58.0 Å². The summed E-state index contributed by atoms with van der Waals surface area (Å²) < 4.78 is 5.67. The van der Waals surface area contributed by atoms with Gasteiger partial charge in [-0.05, 0) is 62.1 Å². The average Bonchev–Trinajstić information content (AvgIpc) is 2.65. The van der Waals surface area contributed by atoms with Crippen LogP contribution in [-0.4, -0.2) is 12.1 Å². The summed E-state index contributed by atoms with van der Waals surface area (Å²) in [6, 6.07) is 9.79. The van der Waals surface area contributed by atoms with E-state index in [0.29, 0.717) is 11.5 Å². The largest absolute Gasteiger partial charge is 0.459 e. The molecule has 132 valence electrons. The van der Waals surface area contributed by atoms with Crippen molar-refractivity contribution < 1.29 is 9.53 Å². The molecule has 1 aromatic carbocycles. The second-order valence-electron chi connectivity index (χ2n) is 6.62. The van der Waals surface area contributed by atoms with Crippen LogP contribution in [0.4, 0.5) is 0 Å². The molecule has 0 bridgehead atoms. The van der Waals surface area contributed by atoms with E-state index in [1.165, 1.54) is 24.5 Å². The minimum atomic E-state index is -0.210. The van der Waals surface area contributed by atoms with E-state index >= 15 is 0 Å². The van der Waals surface area contributed by atoms with Crippen LogP contribution >= 0.6 is 0 Å². The Morgan fingerprint density at radius 3 is 2.56 bits per heavy atom. The van der Waals surface area contributed by atoms with Crippen LogP contribution < -0.4 is 0 Å². The van der Waals surface area contributed by atoms with Crippen LogP contribution in [0.5, 0.6) is 0 Å². The van der Waals surface area contributed by atoms with Crippen molar-refractivity contribution >= 4 is 5.97 Å². The third-order valence-electron chi connectivity index (χ3n) is 4.67. The molecule has 1 aliphatic rings. The lowest BCUT2D eigenvalue weighted by Crippen LogP contribution is -2.24. The van der Waals surface area contributed by atoms with E-state index in [1.54, 1.807) is 6.08 Å². The van der Waals surface area contributed by atoms with Crippen molar-refractivity contribution in [3.63, 3.8) is 0 Å². The van der Waals surface area contributed by atoms with Crippen LogP contribution in [0.25, 0.3) is 0 Å². The van der Waals surface area contributed by atoms with Gasteiger partial charge in [0.15, 0.2) is 0 Å². The van der Waals surface area contributed by atoms with Crippen LogP contribution in [-0.2, 0) is 11.2 Å². The number of nitrogens with zero attached hydrogens (tertiary/aromatic N) is 1. The first-order chi connectivity index (χ1) is 12.2. The third kappa shape index (κ3) is 6.58. The monoisotopic (exact) mass is 337 g/mol. The molecule has 0 amide bonds. The van der Waals surface area contributed by atoms with Gasteiger partial charge in [0.05, 0.1) is 11.6 Å². The molecule has 0 aliphatic heterocycles. The molecule has 0 unspecified atom stereocenters. The van der Waals surface area contributed by atoms with Gasteiger partial charge in [-0.1, -0.05) is 43.7 Å². The molecule has 0 saturated heterocycles. The van der Waals surface area contributed by atoms with Gasteiger partial charge in [-0.2, -0.15) is 5.26 Å². The molecular weight excluding hydrogens is 310 g/mol. The number of unbranched alkanes of at least 4 members (excludes halogenated alkanes) is 1. The summed E-state index contributed by atoms with van der Waals surface area (Å²) in [5.41, 5.74) is 1.92. The maximum absolute atomic E-state index is 12.3. The standard InChI is InChI=1S/C22H27NO2/c1-2-3-7-18-9-13-20(14-10-18)22(24)25-21-15-11-19(12-16-21)8-5-4-6-17-23/h4-6,8-10,13-14,19,21H,2-3,7,11-12,15-16H2,1H3. The SMILES string of the molecule is CCCCc1ccc(C(=O)OC2CCC(C=CC=CC#N)CC2)cc1. The Labute approximate surface area is 151 Å². The second kappa shape index (κ2) is 10.5. The van der Waals surface area contributed by atoms with Crippen LogP contribution in [0.15, 0.2) is 48.6 Å². The number of nitriles is 1. The molecule has 3 heteroatoms. The maximum Gasteiger partial charge on any atom is 0.338 e. The topological polar surface area (TPSA) is 50.1 Å². The number of carbonyl (C=O) groups is 1. The molecule has 0 spiro atoms. The Hall–Kier alpha value is -2.34. The number of benzene rings is 1. The van der Waals surface area contributed by atoms with Crippen LogP contribution in [0.3, 0.4) is 0 Å². The molecular formula is C22H27NO2. The zero-order valence-corrected chi connectivity index (χ0v) is 15.0. The highest BCUT2D eigenvalue weighted by molar-refractivity contribution is 5.89. The minimum Gasteiger partial charge on any atom is -0.459 e. The number of allylic oxidation sites excluding steroid dienone is 4. The highest BCUT2D eigenvalue weighted by atomic mass is 16.5. The number of aryl methyl sites for hydroxylation is 1. The van der Waals surface area contributed by atoms with Crippen molar-refractivity contribution in [2.24, 2.45) is 5.92 Å². The highest BCUT2D eigenvalue weighted by Gasteiger charge is 2.23. The lowest BCUT2D eigenvalue weighted by atomic mass is 9.87. The summed E-state index contributed by atoms with van der Waals surface area (Å²) in [7, 11) is 0. The van der Waals surface area contributed by atoms with E-state index in [2.05, 4.69) is 13.0 Å². The molecule has 1 saturated carbocycles. The van der Waals surface area contributed by atoms with Gasteiger partial charge in [-0.3, -0.25) is 0 Å². The quantitative estimate of drug-likeness (QED) is 0.381. The predicted octanol–water partition coefficient (Wildman–Crippen LogP) is 5.38. The van der Waals surface area contributed by atoms with Crippen LogP contribution in [0.2, 0.25) is 0 Å². The number of hydrogen-bond acceptors (Lipinski definition) is 3. The third-order valence-corrected chi connectivity index (χ3v) is 4.67. The van der Waals surface area contributed by atoms with Crippen molar-refractivity contribution in [3.8, 4) is 6.07 Å². The van der Waals surface area contributed by atoms with Gasteiger partial charge in [0.1, 0.15) is 6.10 Å². The number of ether oxygens (including phenoxy) is 1. The van der Waals surface area contributed by atoms with Gasteiger partial charge in [-0.15, -0.1) is 0 Å². The predicted molar refractivity (Wildman–Crippen MR) is 100 cm³/mol. The first-order valence-corrected chi connectivity index (χ1v) is 9.25. The molecule has 25 heavy (non-hydrogen) atoms. The summed E-state index contributed by atoms with van der Waals surface area (Å²) in [6.07, 6.45) is 14.6. The Bertz CT molecular complexity index is 629. The molecule has 2 rings (SSSR count). The molecule has 0 aromatic heterocycles. The van der Waals surface area contributed by atoms with Crippen molar-refractivity contribution in [1.29, 1.82) is 5.26 Å². The first-order valence-electron chi connectivity index (χ1n) is 9.25. The minimum absolute atomic E-state index is 0.0200. The molecule has 0 radical (unpaired) electrons. The Morgan fingerprint density at radius 1 is 1.20 bits per heavy atom. The number of esters is 1. The van der Waals surface area contributed by atoms with E-state index in [0.717, 1.165) is 32.1 Å². The Kier molecular flexibility index (Phi) is 7.98. The van der Waals surface area contributed by atoms with Crippen molar-refractivity contribution in [2.75, 3.05) is 0 Å². The van der Waals surface area contributed by atoms with Gasteiger partial charge in [-0.25, -0.2) is 4.79 Å². The fraction of sp³-hybridized carbons (Fsp3) is 0.455. The van der Waals surface area contributed by atoms with E-state index in [-0.39, 0.29) is 12.1 Å². The van der Waals surface area contributed by atoms with Gasteiger partial charge >= 0.3 is 5.97 Å². The van der Waals surface area contributed by atoms with Gasteiger partial charge in [0, 0.05) is 6.08 Å². The highest BCUT2D eigenvalue weighted by Crippen LogP contribution is 2.27. The summed E-state index contributed by atoms with van der Waals surface area (Å²) in [6.45, 7) is 2.18. The molecule has 1 aromatic rings.